The van der Waals surface area contributed by atoms with Crippen molar-refractivity contribution in [2.45, 2.75) is 12.6 Å². The largest absolute Gasteiger partial charge is 0.494 e. The smallest absolute Gasteiger partial charge is 0.451 e. The molecule has 0 fully saturated rings. The van der Waals surface area contributed by atoms with Gasteiger partial charge in [-0.1, -0.05) is 18.2 Å². The van der Waals surface area contributed by atoms with E-state index < -0.39 is 23.7 Å². The van der Waals surface area contributed by atoms with Crippen LogP contribution in [0.1, 0.15) is 17.1 Å². The third-order valence-corrected chi connectivity index (χ3v) is 3.98. The highest BCUT2D eigenvalue weighted by Gasteiger charge is 2.35. The monoisotopic (exact) mass is 388 g/mol. The van der Waals surface area contributed by atoms with Gasteiger partial charge in [-0.15, -0.1) is 0 Å². The molecule has 0 bridgehead atoms. The van der Waals surface area contributed by atoms with Crippen LogP contribution in [0.4, 0.5) is 17.6 Å². The van der Waals surface area contributed by atoms with Gasteiger partial charge in [0.25, 0.3) is 0 Å². The lowest BCUT2D eigenvalue weighted by Gasteiger charge is -2.07. The van der Waals surface area contributed by atoms with Gasteiger partial charge in [0.2, 0.25) is 17.5 Å². The Morgan fingerprint density at radius 2 is 1.89 bits per heavy atom. The first kappa shape index (κ1) is 18.0. The summed E-state index contributed by atoms with van der Waals surface area (Å²) < 4.78 is 53.5. The van der Waals surface area contributed by atoms with Crippen molar-refractivity contribution in [2.24, 2.45) is 0 Å². The van der Waals surface area contributed by atoms with E-state index in [1.165, 1.54) is 24.4 Å². The number of alkyl halides is 3. The fourth-order valence-electron chi connectivity index (χ4n) is 2.67. The number of benzene rings is 1. The summed E-state index contributed by atoms with van der Waals surface area (Å²) in [5.74, 6) is -2.57. The van der Waals surface area contributed by atoms with E-state index in [4.69, 9.17) is 7.85 Å². The minimum Gasteiger partial charge on any atom is -0.494 e. The summed E-state index contributed by atoms with van der Waals surface area (Å²) in [5.41, 5.74) is 0.292. The van der Waals surface area contributed by atoms with Gasteiger partial charge in [0.05, 0.1) is 5.69 Å². The molecule has 7 nitrogen and oxygen atoms in total. The quantitative estimate of drug-likeness (QED) is 0.412. The molecule has 2 radical (unpaired) electrons. The van der Waals surface area contributed by atoms with Crippen LogP contribution in [-0.2, 0) is 12.6 Å². The number of aromatic hydroxyl groups is 1. The predicted molar refractivity (Wildman–Crippen MR) is 89.6 cm³/mol. The van der Waals surface area contributed by atoms with Gasteiger partial charge in [0.15, 0.2) is 5.65 Å². The highest BCUT2D eigenvalue weighted by molar-refractivity contribution is 6.32. The summed E-state index contributed by atoms with van der Waals surface area (Å²) in [6, 6.07) is 5.94. The molecule has 0 amide bonds. The molecule has 2 N–H and O–H groups in total. The number of aromatic nitrogens is 6. The molecule has 0 aliphatic carbocycles. The second kappa shape index (κ2) is 6.32. The van der Waals surface area contributed by atoms with E-state index in [2.05, 4.69) is 20.1 Å². The Morgan fingerprint density at radius 1 is 1.14 bits per heavy atom. The van der Waals surface area contributed by atoms with Gasteiger partial charge in [0, 0.05) is 18.2 Å². The Bertz CT molecular complexity index is 1190. The van der Waals surface area contributed by atoms with Crippen LogP contribution in [0.5, 0.6) is 5.88 Å². The number of H-pyrrole nitrogens is 1. The van der Waals surface area contributed by atoms with Gasteiger partial charge >= 0.3 is 6.18 Å². The summed E-state index contributed by atoms with van der Waals surface area (Å²) in [5, 5.41) is 15.4. The fraction of sp³-hybridized carbons (Fsp3) is 0.125. The highest BCUT2D eigenvalue weighted by Crippen LogP contribution is 2.28. The maximum absolute atomic E-state index is 14.0. The average Bonchev–Trinajstić information content (AvgIpc) is 3.24. The molecule has 28 heavy (non-hydrogen) atoms. The van der Waals surface area contributed by atoms with E-state index in [1.807, 2.05) is 0 Å². The Labute approximate surface area is 155 Å². The van der Waals surface area contributed by atoms with Crippen molar-refractivity contribution < 1.29 is 22.7 Å². The van der Waals surface area contributed by atoms with Crippen molar-refractivity contribution in [1.82, 2.24) is 29.5 Å². The maximum Gasteiger partial charge on any atom is 0.451 e. The molecule has 0 atom stereocenters. The Morgan fingerprint density at radius 3 is 2.57 bits per heavy atom. The molecule has 4 aromatic rings. The zero-order valence-electron chi connectivity index (χ0n) is 13.9. The number of fused-ring (bicyclic) bond motifs is 1. The number of hydrogen-bond donors (Lipinski definition) is 2. The van der Waals surface area contributed by atoms with Gasteiger partial charge < -0.3 is 5.11 Å². The molecule has 0 unspecified atom stereocenters. The first-order chi connectivity index (χ1) is 13.2. The summed E-state index contributed by atoms with van der Waals surface area (Å²) in [6.07, 6.45) is -3.56. The van der Waals surface area contributed by atoms with Crippen LogP contribution in [0.3, 0.4) is 0 Å². The van der Waals surface area contributed by atoms with E-state index in [1.54, 1.807) is 11.2 Å². The number of nitrogens with zero attached hydrogens (tertiary/aromatic N) is 5. The molecule has 4 rings (SSSR count). The van der Waals surface area contributed by atoms with Crippen LogP contribution >= 0.6 is 0 Å². The molecule has 0 spiro atoms. The van der Waals surface area contributed by atoms with E-state index in [0.717, 1.165) is 4.40 Å². The lowest BCUT2D eigenvalue weighted by atomic mass is 10.1. The van der Waals surface area contributed by atoms with Crippen molar-refractivity contribution in [3.8, 4) is 17.4 Å². The molecule has 0 aliphatic rings. The zero-order chi connectivity index (χ0) is 20.1. The minimum atomic E-state index is -4.72. The van der Waals surface area contributed by atoms with Crippen LogP contribution in [-0.4, -0.2) is 42.5 Å². The van der Waals surface area contributed by atoms with Crippen LogP contribution in [0, 0.1) is 5.82 Å². The van der Waals surface area contributed by atoms with Crippen molar-refractivity contribution in [1.29, 1.82) is 0 Å². The van der Waals surface area contributed by atoms with Crippen LogP contribution in [0.25, 0.3) is 17.2 Å². The average molecular weight is 388 g/mol. The third-order valence-electron chi connectivity index (χ3n) is 3.98. The molecular weight excluding hydrogens is 379 g/mol. The number of aromatic amines is 1. The molecule has 140 valence electrons. The van der Waals surface area contributed by atoms with Crippen LogP contribution in [0.15, 0.2) is 30.5 Å². The molecule has 3 heterocycles. The highest BCUT2D eigenvalue weighted by atomic mass is 19.4. The zero-order valence-corrected chi connectivity index (χ0v) is 13.9. The fourth-order valence-corrected chi connectivity index (χ4v) is 2.67. The Balaban J connectivity index is 1.88. The van der Waals surface area contributed by atoms with Crippen molar-refractivity contribution in [3.05, 3.63) is 53.4 Å². The number of nitrogens with one attached hydrogen (secondary N) is 1. The van der Waals surface area contributed by atoms with Crippen molar-refractivity contribution in [2.75, 3.05) is 0 Å². The summed E-state index contributed by atoms with van der Waals surface area (Å²) in [7, 11) is 5.62. The molecule has 3 aromatic heterocycles. The van der Waals surface area contributed by atoms with Crippen molar-refractivity contribution >= 4 is 19.1 Å². The lowest BCUT2D eigenvalue weighted by molar-refractivity contribution is -0.144. The number of hydrogen-bond acceptors (Lipinski definition) is 5. The Kier molecular flexibility index (Phi) is 4.05. The first-order valence-electron chi connectivity index (χ1n) is 7.84. The SMILES string of the molecule is [B]c1nc2c(Cc3ccccc3F)nc(-c3n[nH]c(C(F)(F)F)n3)cn2c1O. The summed E-state index contributed by atoms with van der Waals surface area (Å²) >= 11 is 0. The number of rotatable bonds is 3. The molecule has 0 saturated carbocycles. The first-order valence-corrected chi connectivity index (χ1v) is 7.84. The van der Waals surface area contributed by atoms with Gasteiger partial charge in [-0.25, -0.2) is 19.3 Å². The van der Waals surface area contributed by atoms with Gasteiger partial charge in [-0.3, -0.25) is 9.50 Å². The molecular formula is C16H9BF4N6O. The number of imidazole rings is 1. The van der Waals surface area contributed by atoms with E-state index in [9.17, 15) is 22.7 Å². The van der Waals surface area contributed by atoms with E-state index in [-0.39, 0.29) is 40.4 Å². The molecule has 0 aliphatic heterocycles. The third kappa shape index (κ3) is 3.06. The topological polar surface area (TPSA) is 92.0 Å². The maximum atomic E-state index is 14.0. The van der Waals surface area contributed by atoms with Gasteiger partial charge in [-0.05, 0) is 11.6 Å². The van der Waals surface area contributed by atoms with Gasteiger partial charge in [-0.2, -0.15) is 18.3 Å². The lowest BCUT2D eigenvalue weighted by Crippen LogP contribution is -2.07. The molecule has 12 heteroatoms. The van der Waals surface area contributed by atoms with Crippen LogP contribution in [0.2, 0.25) is 0 Å². The molecule has 0 saturated heterocycles. The van der Waals surface area contributed by atoms with E-state index >= 15 is 0 Å². The predicted octanol–water partition coefficient (Wildman–Crippen LogP) is 1.76. The van der Waals surface area contributed by atoms with Crippen molar-refractivity contribution in [3.63, 3.8) is 0 Å². The molecule has 1 aromatic carbocycles. The number of halogens is 4. The summed E-state index contributed by atoms with van der Waals surface area (Å²) in [6.45, 7) is 0. The second-order valence-electron chi connectivity index (χ2n) is 5.86. The second-order valence-corrected chi connectivity index (χ2v) is 5.86. The van der Waals surface area contributed by atoms with Crippen LogP contribution < -0.4 is 5.59 Å². The Hall–Kier alpha value is -3.44. The normalized spacial score (nSPS) is 12.0. The standard InChI is InChI=1S/C16H9BF4N6O/c17-11-14(28)27-6-10(12-24-15(26-25-12)16(19,20)21)22-9(13(27)23-11)5-7-3-1-2-4-8(7)18/h1-4,6,28H,5H2,(H,24,25,26). The van der Waals surface area contributed by atoms with E-state index in [0.29, 0.717) is 0 Å². The summed E-state index contributed by atoms with van der Waals surface area (Å²) in [4.78, 5) is 11.6. The minimum absolute atomic E-state index is 0.0452. The van der Waals surface area contributed by atoms with Gasteiger partial charge in [0.1, 0.15) is 19.4 Å².